The number of aromatic nitrogens is 3. The number of amides is 2. The molecular weight excluding hydrogens is 556 g/mol. The number of anilines is 3. The van der Waals surface area contributed by atoms with Crippen LogP contribution in [0, 0.1) is 5.41 Å². The first kappa shape index (κ1) is 31.1. The van der Waals surface area contributed by atoms with Gasteiger partial charge in [0.1, 0.15) is 23.9 Å². The van der Waals surface area contributed by atoms with Gasteiger partial charge < -0.3 is 30.9 Å². The van der Waals surface area contributed by atoms with Gasteiger partial charge in [0.25, 0.3) is 0 Å². The van der Waals surface area contributed by atoms with Crippen LogP contribution in [0.2, 0.25) is 0 Å². The number of nitrogens with one attached hydrogen (secondary N) is 4. The second-order valence-corrected chi connectivity index (χ2v) is 12.4. The molecule has 2 aromatic carbocycles. The van der Waals surface area contributed by atoms with E-state index in [1.807, 2.05) is 64.2 Å². The molecule has 0 aliphatic carbocycles. The number of likely N-dealkylation sites (tertiary alicyclic amines) is 1. The SMILES string of the molecule is CN[C@@H](C)CN[C@H](C(=O)N1CCC[C@H]1C(=O)Nc1cc2c(Nc3ccc4ncccc4c3)ncnc2cc1OC)C(C)(C)C. The Balaban J connectivity index is 1.39. The molecule has 5 rings (SSSR count). The molecule has 3 heterocycles. The number of likely N-dealkylation sites (N-methyl/N-ethyl adjacent to an activating group) is 1. The van der Waals surface area contributed by atoms with Crippen molar-refractivity contribution in [2.24, 2.45) is 5.41 Å². The Kier molecular flexibility index (Phi) is 9.26. The standard InChI is InChI=1S/C33H42N8O3/c1-20(34-5)18-36-29(33(2,3)4)32(43)41-14-8-10-27(41)31(42)40-26-16-23-25(17-28(26)44-6)37-19-38-30(23)39-22-11-12-24-21(15-22)9-7-13-35-24/h7,9,11-13,15-17,19-20,27,29,34,36H,8,10,14,18H2,1-6H3,(H,40,42)(H,37,38,39)/t20-,27-,29+/m0/s1. The summed E-state index contributed by atoms with van der Waals surface area (Å²) in [6.07, 6.45) is 4.60. The van der Waals surface area contributed by atoms with Crippen LogP contribution in [0.4, 0.5) is 17.2 Å². The topological polar surface area (TPSA) is 133 Å². The number of rotatable bonds is 10. The van der Waals surface area contributed by atoms with E-state index in [4.69, 9.17) is 4.74 Å². The molecule has 1 saturated heterocycles. The zero-order valence-corrected chi connectivity index (χ0v) is 26.3. The van der Waals surface area contributed by atoms with Crippen LogP contribution in [-0.2, 0) is 9.59 Å². The first-order chi connectivity index (χ1) is 21.1. The fourth-order valence-electron chi connectivity index (χ4n) is 5.59. The molecule has 0 spiro atoms. The van der Waals surface area contributed by atoms with Crippen molar-refractivity contribution in [3.05, 3.63) is 55.0 Å². The maximum absolute atomic E-state index is 13.9. The number of hydrogen-bond donors (Lipinski definition) is 4. The molecule has 4 aromatic rings. The maximum atomic E-state index is 13.9. The predicted octanol–water partition coefficient (Wildman–Crippen LogP) is 4.47. The molecular formula is C33H42N8O3. The van der Waals surface area contributed by atoms with Crippen molar-refractivity contribution >= 4 is 50.8 Å². The third-order valence-electron chi connectivity index (χ3n) is 8.15. The van der Waals surface area contributed by atoms with E-state index >= 15 is 0 Å². The summed E-state index contributed by atoms with van der Waals surface area (Å²) in [6, 6.07) is 12.6. The Hall–Kier alpha value is -4.35. The van der Waals surface area contributed by atoms with Gasteiger partial charge in [-0.3, -0.25) is 14.6 Å². The highest BCUT2D eigenvalue weighted by Gasteiger charge is 2.41. The normalized spacial score (nSPS) is 16.6. The summed E-state index contributed by atoms with van der Waals surface area (Å²) >= 11 is 0. The summed E-state index contributed by atoms with van der Waals surface area (Å²) in [5.41, 5.74) is 2.56. The minimum absolute atomic E-state index is 0.0607. The zero-order chi connectivity index (χ0) is 31.4. The minimum Gasteiger partial charge on any atom is -0.494 e. The second-order valence-electron chi connectivity index (χ2n) is 12.4. The van der Waals surface area contributed by atoms with Crippen LogP contribution < -0.4 is 26.0 Å². The Morgan fingerprint density at radius 2 is 1.91 bits per heavy atom. The van der Waals surface area contributed by atoms with Gasteiger partial charge in [0, 0.05) is 47.9 Å². The largest absolute Gasteiger partial charge is 0.494 e. The molecule has 1 aliphatic heterocycles. The van der Waals surface area contributed by atoms with Gasteiger partial charge in [0.05, 0.1) is 29.9 Å². The van der Waals surface area contributed by atoms with Crippen molar-refractivity contribution in [3.63, 3.8) is 0 Å². The average Bonchev–Trinajstić information content (AvgIpc) is 3.51. The van der Waals surface area contributed by atoms with E-state index in [-0.39, 0.29) is 23.3 Å². The second kappa shape index (κ2) is 13.1. The highest BCUT2D eigenvalue weighted by atomic mass is 16.5. The van der Waals surface area contributed by atoms with E-state index < -0.39 is 12.1 Å². The number of methoxy groups -OCH3 is 1. The van der Waals surface area contributed by atoms with Crippen molar-refractivity contribution < 1.29 is 14.3 Å². The Labute approximate surface area is 258 Å². The van der Waals surface area contributed by atoms with E-state index in [9.17, 15) is 9.59 Å². The van der Waals surface area contributed by atoms with E-state index in [2.05, 4.69) is 43.1 Å². The van der Waals surface area contributed by atoms with Crippen molar-refractivity contribution in [1.82, 2.24) is 30.5 Å². The van der Waals surface area contributed by atoms with Crippen LogP contribution in [0.1, 0.15) is 40.5 Å². The number of hydrogen-bond acceptors (Lipinski definition) is 9. The molecule has 0 unspecified atom stereocenters. The van der Waals surface area contributed by atoms with Crippen LogP contribution in [0.3, 0.4) is 0 Å². The Bertz CT molecular complexity index is 1650. The van der Waals surface area contributed by atoms with Gasteiger partial charge in [0.2, 0.25) is 11.8 Å². The van der Waals surface area contributed by atoms with E-state index in [0.717, 1.165) is 23.0 Å². The van der Waals surface area contributed by atoms with Crippen LogP contribution in [0.5, 0.6) is 5.75 Å². The quantitative estimate of drug-likeness (QED) is 0.209. The number of nitrogens with zero attached hydrogens (tertiary/aromatic N) is 4. The van der Waals surface area contributed by atoms with Crippen LogP contribution in [0.25, 0.3) is 21.8 Å². The summed E-state index contributed by atoms with van der Waals surface area (Å²) in [4.78, 5) is 42.7. The summed E-state index contributed by atoms with van der Waals surface area (Å²) in [7, 11) is 3.45. The van der Waals surface area contributed by atoms with Crippen LogP contribution in [0.15, 0.2) is 55.0 Å². The van der Waals surface area contributed by atoms with E-state index in [1.54, 1.807) is 24.3 Å². The average molecular weight is 599 g/mol. The molecule has 11 heteroatoms. The van der Waals surface area contributed by atoms with Gasteiger partial charge in [-0.05, 0) is 62.6 Å². The molecule has 44 heavy (non-hydrogen) atoms. The monoisotopic (exact) mass is 598 g/mol. The lowest BCUT2D eigenvalue weighted by Crippen LogP contribution is -2.57. The highest BCUT2D eigenvalue weighted by molar-refractivity contribution is 6.03. The molecule has 2 aromatic heterocycles. The van der Waals surface area contributed by atoms with Crippen LogP contribution in [-0.4, -0.2) is 77.0 Å². The van der Waals surface area contributed by atoms with E-state index in [1.165, 1.54) is 6.33 Å². The molecule has 1 aliphatic rings. The molecule has 1 fully saturated rings. The minimum atomic E-state index is -0.591. The third kappa shape index (κ3) is 6.74. The van der Waals surface area contributed by atoms with E-state index in [0.29, 0.717) is 47.7 Å². The number of carbonyl (C=O) groups is 2. The molecule has 4 N–H and O–H groups in total. The van der Waals surface area contributed by atoms with Gasteiger partial charge >= 0.3 is 0 Å². The lowest BCUT2D eigenvalue weighted by Gasteiger charge is -2.36. The van der Waals surface area contributed by atoms with Crippen molar-refractivity contribution in [2.75, 3.05) is 37.9 Å². The Morgan fingerprint density at radius 3 is 2.66 bits per heavy atom. The Morgan fingerprint density at radius 1 is 1.09 bits per heavy atom. The van der Waals surface area contributed by atoms with Gasteiger partial charge in [-0.1, -0.05) is 26.8 Å². The predicted molar refractivity (Wildman–Crippen MR) is 174 cm³/mol. The fraction of sp³-hybridized carbons (Fsp3) is 0.424. The first-order valence-corrected chi connectivity index (χ1v) is 15.1. The lowest BCUT2D eigenvalue weighted by molar-refractivity contribution is -0.140. The number of carbonyl (C=O) groups excluding carboxylic acids is 2. The number of pyridine rings is 1. The molecule has 3 atom stereocenters. The van der Waals surface area contributed by atoms with Gasteiger partial charge in [0.15, 0.2) is 0 Å². The maximum Gasteiger partial charge on any atom is 0.247 e. The van der Waals surface area contributed by atoms with Gasteiger partial charge in [-0.25, -0.2) is 9.97 Å². The first-order valence-electron chi connectivity index (χ1n) is 15.1. The summed E-state index contributed by atoms with van der Waals surface area (Å²) in [6.45, 7) is 9.36. The van der Waals surface area contributed by atoms with Crippen molar-refractivity contribution in [1.29, 1.82) is 0 Å². The highest BCUT2D eigenvalue weighted by Crippen LogP contribution is 2.34. The molecule has 2 amide bonds. The zero-order valence-electron chi connectivity index (χ0n) is 26.3. The molecule has 0 radical (unpaired) electrons. The summed E-state index contributed by atoms with van der Waals surface area (Å²) < 4.78 is 5.65. The molecule has 0 bridgehead atoms. The summed E-state index contributed by atoms with van der Waals surface area (Å²) in [5, 5.41) is 14.8. The third-order valence-corrected chi connectivity index (χ3v) is 8.15. The van der Waals surface area contributed by atoms with Crippen molar-refractivity contribution in [3.8, 4) is 5.75 Å². The molecule has 0 saturated carbocycles. The number of benzene rings is 2. The number of ether oxygens (including phenoxy) is 1. The van der Waals surface area contributed by atoms with Crippen molar-refractivity contribution in [2.45, 2.75) is 58.7 Å². The number of fused-ring (bicyclic) bond motifs is 2. The lowest BCUT2D eigenvalue weighted by atomic mass is 9.85. The molecule has 11 nitrogen and oxygen atoms in total. The fourth-order valence-corrected chi connectivity index (χ4v) is 5.59. The molecule has 232 valence electrons. The van der Waals surface area contributed by atoms with Gasteiger partial charge in [-0.15, -0.1) is 0 Å². The van der Waals surface area contributed by atoms with Gasteiger partial charge in [-0.2, -0.15) is 0 Å². The van der Waals surface area contributed by atoms with Crippen LogP contribution >= 0.6 is 0 Å². The summed E-state index contributed by atoms with van der Waals surface area (Å²) in [5.74, 6) is 0.745. The smallest absolute Gasteiger partial charge is 0.247 e.